The fourth-order valence-electron chi connectivity index (χ4n) is 3.53. The molecule has 28 heavy (non-hydrogen) atoms. The molecule has 1 amide bonds. The van der Waals surface area contributed by atoms with Crippen LogP contribution in [0.4, 0.5) is 0 Å². The van der Waals surface area contributed by atoms with Gasteiger partial charge in [-0.25, -0.2) is 4.98 Å². The minimum Gasteiger partial charge on any atom is -0.492 e. The van der Waals surface area contributed by atoms with Gasteiger partial charge in [-0.05, 0) is 50.5 Å². The summed E-state index contributed by atoms with van der Waals surface area (Å²) in [5.74, 6) is 1.28. The fraction of sp³-hybridized carbons (Fsp3) is 0.409. The molecule has 0 unspecified atom stereocenters. The molecule has 0 N–H and O–H groups in total. The number of likely N-dealkylation sites (N-methyl/N-ethyl adjacent to an activating group) is 1. The second-order valence-electron chi connectivity index (χ2n) is 7.67. The van der Waals surface area contributed by atoms with E-state index in [1.165, 1.54) is 0 Å². The highest BCUT2D eigenvalue weighted by Crippen LogP contribution is 2.40. The number of pyridine rings is 1. The zero-order valence-electron chi connectivity index (χ0n) is 16.9. The maximum Gasteiger partial charge on any atom is 0.254 e. The molecule has 0 atom stereocenters. The lowest BCUT2D eigenvalue weighted by molar-refractivity contribution is 0.0775. The molecule has 2 heterocycles. The van der Waals surface area contributed by atoms with Gasteiger partial charge in [0.1, 0.15) is 12.4 Å². The first-order chi connectivity index (χ1) is 13.4. The molecular formula is C22H26N4O2. The summed E-state index contributed by atoms with van der Waals surface area (Å²) in [7, 11) is 3.70. The largest absolute Gasteiger partial charge is 0.492 e. The summed E-state index contributed by atoms with van der Waals surface area (Å²) >= 11 is 0. The van der Waals surface area contributed by atoms with Gasteiger partial charge in [0, 0.05) is 25.7 Å². The van der Waals surface area contributed by atoms with Gasteiger partial charge in [0.25, 0.3) is 5.91 Å². The predicted octanol–water partition coefficient (Wildman–Crippen LogP) is 3.61. The van der Waals surface area contributed by atoms with E-state index < -0.39 is 0 Å². The number of ether oxygens (including phenoxy) is 1. The second-order valence-corrected chi connectivity index (χ2v) is 7.67. The van der Waals surface area contributed by atoms with E-state index in [0.29, 0.717) is 24.6 Å². The molecule has 6 heteroatoms. The molecular weight excluding hydrogens is 352 g/mol. The number of carbonyl (C=O) groups excluding carboxylic acids is 1. The minimum atomic E-state index is -0.0155. The highest BCUT2D eigenvalue weighted by Gasteiger charge is 2.29. The minimum absolute atomic E-state index is 0.0155. The third kappa shape index (κ3) is 3.59. The molecule has 1 fully saturated rings. The molecule has 0 bridgehead atoms. The Kier molecular flexibility index (Phi) is 4.79. The van der Waals surface area contributed by atoms with Gasteiger partial charge in [-0.2, -0.15) is 5.10 Å². The molecule has 1 aromatic carbocycles. The van der Waals surface area contributed by atoms with Gasteiger partial charge in [-0.3, -0.25) is 9.48 Å². The van der Waals surface area contributed by atoms with Crippen LogP contribution in [0.25, 0.3) is 11.0 Å². The molecule has 0 spiro atoms. The Morgan fingerprint density at radius 2 is 2.07 bits per heavy atom. The first-order valence-electron chi connectivity index (χ1n) is 9.73. The number of fused-ring (bicyclic) bond motifs is 1. The zero-order valence-corrected chi connectivity index (χ0v) is 16.9. The van der Waals surface area contributed by atoms with Crippen LogP contribution in [0.2, 0.25) is 0 Å². The first kappa shape index (κ1) is 18.5. The van der Waals surface area contributed by atoms with Crippen molar-refractivity contribution < 1.29 is 9.53 Å². The van der Waals surface area contributed by atoms with Crippen LogP contribution in [0.1, 0.15) is 46.1 Å². The molecule has 1 aliphatic rings. The monoisotopic (exact) mass is 378 g/mol. The maximum absolute atomic E-state index is 13.2. The molecule has 0 aliphatic heterocycles. The highest BCUT2D eigenvalue weighted by molar-refractivity contribution is 6.06. The lowest BCUT2D eigenvalue weighted by Gasteiger charge is -2.19. The summed E-state index contributed by atoms with van der Waals surface area (Å²) in [6.45, 7) is 4.92. The van der Waals surface area contributed by atoms with Crippen LogP contribution in [0, 0.1) is 13.8 Å². The van der Waals surface area contributed by atoms with Gasteiger partial charge in [0.05, 0.1) is 23.2 Å². The Morgan fingerprint density at radius 3 is 2.79 bits per heavy atom. The number of nitrogens with zero attached hydrogens (tertiary/aromatic N) is 4. The number of amides is 1. The third-order valence-electron chi connectivity index (χ3n) is 5.25. The topological polar surface area (TPSA) is 60.2 Å². The standard InChI is InChI=1S/C22H26N4O2/c1-14-6-5-7-17(12-14)28-11-10-25(3)22(27)18-13-19(16-8-9-16)23-21-20(18)15(2)24-26(21)4/h5-7,12-13,16H,8-11H2,1-4H3. The third-order valence-corrected chi connectivity index (χ3v) is 5.25. The Morgan fingerprint density at radius 1 is 1.29 bits per heavy atom. The average molecular weight is 378 g/mol. The van der Waals surface area contributed by atoms with Gasteiger partial charge in [0.2, 0.25) is 0 Å². The number of hydrogen-bond donors (Lipinski definition) is 0. The summed E-state index contributed by atoms with van der Waals surface area (Å²) in [6, 6.07) is 9.90. The Labute approximate surface area is 165 Å². The van der Waals surface area contributed by atoms with Crippen molar-refractivity contribution >= 4 is 16.9 Å². The summed E-state index contributed by atoms with van der Waals surface area (Å²) < 4.78 is 7.58. The molecule has 6 nitrogen and oxygen atoms in total. The molecule has 4 rings (SSSR count). The normalized spacial score (nSPS) is 13.7. The van der Waals surface area contributed by atoms with Crippen molar-refractivity contribution in [3.63, 3.8) is 0 Å². The first-order valence-corrected chi connectivity index (χ1v) is 9.73. The number of rotatable bonds is 6. The maximum atomic E-state index is 13.2. The summed E-state index contributed by atoms with van der Waals surface area (Å²) in [5, 5.41) is 5.33. The van der Waals surface area contributed by atoms with Gasteiger partial charge in [0.15, 0.2) is 5.65 Å². The van der Waals surface area contributed by atoms with Crippen molar-refractivity contribution in [3.8, 4) is 5.75 Å². The van der Waals surface area contributed by atoms with E-state index in [0.717, 1.165) is 46.6 Å². The Bertz CT molecular complexity index is 1040. The van der Waals surface area contributed by atoms with Crippen LogP contribution in [-0.4, -0.2) is 45.8 Å². The van der Waals surface area contributed by atoms with E-state index in [4.69, 9.17) is 9.72 Å². The molecule has 3 aromatic rings. The summed E-state index contributed by atoms with van der Waals surface area (Å²) in [5.41, 5.74) is 4.47. The molecule has 1 aliphatic carbocycles. The molecule has 0 radical (unpaired) electrons. The number of hydrogen-bond acceptors (Lipinski definition) is 4. The fourth-order valence-corrected chi connectivity index (χ4v) is 3.53. The van der Waals surface area contributed by atoms with E-state index in [2.05, 4.69) is 5.10 Å². The SMILES string of the molecule is Cc1cccc(OCCN(C)C(=O)c2cc(C3CC3)nc3c2c(C)nn3C)c1. The second kappa shape index (κ2) is 7.26. The van der Waals surface area contributed by atoms with E-state index in [1.54, 1.807) is 9.58 Å². The van der Waals surface area contributed by atoms with Crippen LogP contribution in [0.5, 0.6) is 5.75 Å². The Hall–Kier alpha value is -2.89. The van der Waals surface area contributed by atoms with Gasteiger partial charge in [-0.15, -0.1) is 0 Å². The van der Waals surface area contributed by atoms with Crippen LogP contribution in [0.3, 0.4) is 0 Å². The van der Waals surface area contributed by atoms with E-state index in [1.807, 2.05) is 58.3 Å². The van der Waals surface area contributed by atoms with Crippen molar-refractivity contribution in [2.45, 2.75) is 32.6 Å². The van der Waals surface area contributed by atoms with E-state index >= 15 is 0 Å². The molecule has 0 saturated heterocycles. The van der Waals surface area contributed by atoms with Crippen molar-refractivity contribution in [3.05, 3.63) is 52.8 Å². The molecule has 146 valence electrons. The number of aryl methyl sites for hydroxylation is 3. The predicted molar refractivity (Wildman–Crippen MR) is 109 cm³/mol. The molecule has 1 saturated carbocycles. The van der Waals surface area contributed by atoms with Crippen molar-refractivity contribution in [1.82, 2.24) is 19.7 Å². The van der Waals surface area contributed by atoms with Gasteiger partial charge < -0.3 is 9.64 Å². The van der Waals surface area contributed by atoms with Crippen LogP contribution in [0.15, 0.2) is 30.3 Å². The molecule has 2 aromatic heterocycles. The number of carbonyl (C=O) groups is 1. The zero-order chi connectivity index (χ0) is 19.8. The lowest BCUT2D eigenvalue weighted by Crippen LogP contribution is -2.31. The van der Waals surface area contributed by atoms with Crippen LogP contribution >= 0.6 is 0 Å². The quantitative estimate of drug-likeness (QED) is 0.657. The summed E-state index contributed by atoms with van der Waals surface area (Å²) in [6.07, 6.45) is 2.28. The number of benzene rings is 1. The summed E-state index contributed by atoms with van der Waals surface area (Å²) in [4.78, 5) is 19.7. The van der Waals surface area contributed by atoms with E-state index in [-0.39, 0.29) is 5.91 Å². The van der Waals surface area contributed by atoms with E-state index in [9.17, 15) is 4.79 Å². The van der Waals surface area contributed by atoms with Crippen molar-refractivity contribution in [2.24, 2.45) is 7.05 Å². The van der Waals surface area contributed by atoms with Gasteiger partial charge >= 0.3 is 0 Å². The average Bonchev–Trinajstić information content (AvgIpc) is 3.47. The van der Waals surface area contributed by atoms with Crippen molar-refractivity contribution in [1.29, 1.82) is 0 Å². The number of aromatic nitrogens is 3. The van der Waals surface area contributed by atoms with Gasteiger partial charge in [-0.1, -0.05) is 12.1 Å². The van der Waals surface area contributed by atoms with Crippen LogP contribution < -0.4 is 4.74 Å². The highest BCUT2D eigenvalue weighted by atomic mass is 16.5. The smallest absolute Gasteiger partial charge is 0.254 e. The lowest BCUT2D eigenvalue weighted by atomic mass is 10.1. The van der Waals surface area contributed by atoms with Crippen LogP contribution in [-0.2, 0) is 7.05 Å². The Balaban J connectivity index is 1.54. The van der Waals surface area contributed by atoms with Crippen molar-refractivity contribution in [2.75, 3.05) is 20.2 Å².